The molecular formula is C13H14N4O. The van der Waals surface area contributed by atoms with Crippen LogP contribution in [0.25, 0.3) is 10.9 Å². The second kappa shape index (κ2) is 5.88. The van der Waals surface area contributed by atoms with E-state index in [9.17, 15) is 4.79 Å². The molecule has 0 aliphatic rings. The van der Waals surface area contributed by atoms with Crippen LogP contribution in [0.3, 0.4) is 0 Å². The monoisotopic (exact) mass is 242 g/mol. The van der Waals surface area contributed by atoms with Crippen molar-refractivity contribution in [1.29, 1.82) is 0 Å². The summed E-state index contributed by atoms with van der Waals surface area (Å²) >= 11 is 0. The number of fused-ring (bicyclic) bond motifs is 1. The molecule has 0 unspecified atom stereocenters. The summed E-state index contributed by atoms with van der Waals surface area (Å²) in [6, 6.07) is 9.63. The molecule has 0 atom stereocenters. The van der Waals surface area contributed by atoms with Crippen LogP contribution in [0.4, 0.5) is 0 Å². The van der Waals surface area contributed by atoms with Crippen LogP contribution in [0.5, 0.6) is 0 Å². The van der Waals surface area contributed by atoms with Gasteiger partial charge in [-0.15, -0.1) is 0 Å². The van der Waals surface area contributed by atoms with Gasteiger partial charge in [0, 0.05) is 24.5 Å². The van der Waals surface area contributed by atoms with Crippen molar-refractivity contribution in [3.05, 3.63) is 42.1 Å². The Hall–Kier alpha value is -2.27. The first-order chi connectivity index (χ1) is 8.79. The lowest BCUT2D eigenvalue weighted by Crippen LogP contribution is -2.20. The second-order valence-corrected chi connectivity index (χ2v) is 3.79. The molecule has 0 saturated carbocycles. The molecule has 0 fully saturated rings. The minimum Gasteiger partial charge on any atom is -0.330 e. The topological polar surface area (TPSA) is 80.4 Å². The van der Waals surface area contributed by atoms with Gasteiger partial charge in [-0.05, 0) is 23.8 Å². The molecule has 0 spiro atoms. The Morgan fingerprint density at radius 1 is 1.44 bits per heavy atom. The maximum absolute atomic E-state index is 11.1. The van der Waals surface area contributed by atoms with Crippen LogP contribution in [0.1, 0.15) is 12.0 Å². The van der Waals surface area contributed by atoms with Crippen LogP contribution < -0.4 is 11.2 Å². The highest BCUT2D eigenvalue weighted by Gasteiger charge is 1.96. The lowest BCUT2D eigenvalue weighted by atomic mass is 10.1. The molecule has 5 heteroatoms. The van der Waals surface area contributed by atoms with Gasteiger partial charge in [-0.3, -0.25) is 9.78 Å². The molecule has 2 aromatic rings. The molecule has 0 bridgehead atoms. The number of nitrogens with two attached hydrogens (primary N) is 1. The smallest absolute Gasteiger partial charge is 0.241 e. The van der Waals surface area contributed by atoms with Gasteiger partial charge in [0.15, 0.2) is 0 Å². The number of pyridine rings is 1. The number of hydrogen-bond donors (Lipinski definition) is 2. The molecule has 1 aromatic carbocycles. The van der Waals surface area contributed by atoms with E-state index < -0.39 is 0 Å². The second-order valence-electron chi connectivity index (χ2n) is 3.79. The van der Waals surface area contributed by atoms with Gasteiger partial charge >= 0.3 is 0 Å². The Balaban J connectivity index is 2.07. The van der Waals surface area contributed by atoms with Crippen molar-refractivity contribution in [3.8, 4) is 0 Å². The molecule has 18 heavy (non-hydrogen) atoms. The van der Waals surface area contributed by atoms with Crippen molar-refractivity contribution < 1.29 is 4.79 Å². The van der Waals surface area contributed by atoms with Crippen molar-refractivity contribution in [2.45, 2.75) is 6.42 Å². The van der Waals surface area contributed by atoms with Crippen LogP contribution in [-0.2, 0) is 4.79 Å². The molecule has 0 aliphatic carbocycles. The molecule has 1 amide bonds. The van der Waals surface area contributed by atoms with Crippen LogP contribution in [0.15, 0.2) is 41.6 Å². The minimum atomic E-state index is -0.184. The number of rotatable bonds is 4. The zero-order valence-electron chi connectivity index (χ0n) is 9.84. The molecular weight excluding hydrogens is 228 g/mol. The standard InChI is InChI=1S/C13H14N4O/c14-6-5-13(18)17-16-9-10-3-4-12-11(8-10)2-1-7-15-12/h1-4,7-9H,5-6,14H2,(H,17,18). The Morgan fingerprint density at radius 2 is 2.33 bits per heavy atom. The number of carbonyl (C=O) groups excluding carboxylic acids is 1. The van der Waals surface area contributed by atoms with Crippen LogP contribution >= 0.6 is 0 Å². The summed E-state index contributed by atoms with van der Waals surface area (Å²) in [7, 11) is 0. The molecule has 1 aromatic heterocycles. The van der Waals surface area contributed by atoms with Crippen LogP contribution in [0, 0.1) is 0 Å². The van der Waals surface area contributed by atoms with E-state index in [2.05, 4.69) is 15.5 Å². The number of carbonyl (C=O) groups is 1. The van der Waals surface area contributed by atoms with E-state index in [0.717, 1.165) is 16.5 Å². The normalized spacial score (nSPS) is 10.9. The zero-order valence-corrected chi connectivity index (χ0v) is 9.84. The molecule has 2 rings (SSSR count). The average Bonchev–Trinajstić information content (AvgIpc) is 2.39. The van der Waals surface area contributed by atoms with Crippen LogP contribution in [0.2, 0.25) is 0 Å². The summed E-state index contributed by atoms with van der Waals surface area (Å²) in [4.78, 5) is 15.4. The van der Waals surface area contributed by atoms with Gasteiger partial charge in [0.1, 0.15) is 0 Å². The summed E-state index contributed by atoms with van der Waals surface area (Å²) in [5.41, 5.74) is 9.51. The lowest BCUT2D eigenvalue weighted by molar-refractivity contribution is -0.120. The first kappa shape index (κ1) is 12.2. The predicted octanol–water partition coefficient (Wildman–Crippen LogP) is 1.03. The first-order valence-corrected chi connectivity index (χ1v) is 5.66. The molecule has 0 radical (unpaired) electrons. The summed E-state index contributed by atoms with van der Waals surface area (Å²) in [6.45, 7) is 0.322. The van der Waals surface area contributed by atoms with Gasteiger partial charge in [0.05, 0.1) is 11.7 Å². The third kappa shape index (κ3) is 3.11. The van der Waals surface area contributed by atoms with E-state index in [-0.39, 0.29) is 12.3 Å². The van der Waals surface area contributed by atoms with Crippen molar-refractivity contribution in [1.82, 2.24) is 10.4 Å². The van der Waals surface area contributed by atoms with Crippen molar-refractivity contribution >= 4 is 23.0 Å². The average molecular weight is 242 g/mol. The van der Waals surface area contributed by atoms with E-state index in [1.165, 1.54) is 0 Å². The maximum Gasteiger partial charge on any atom is 0.241 e. The van der Waals surface area contributed by atoms with E-state index in [1.807, 2.05) is 30.3 Å². The molecule has 3 N–H and O–H groups in total. The SMILES string of the molecule is NCCC(=O)NN=Cc1ccc2ncccc2c1. The van der Waals surface area contributed by atoms with Crippen LogP contribution in [-0.4, -0.2) is 23.7 Å². The lowest BCUT2D eigenvalue weighted by Gasteiger charge is -1.99. The third-order valence-electron chi connectivity index (χ3n) is 2.40. The fourth-order valence-electron chi connectivity index (χ4n) is 1.54. The molecule has 5 nitrogen and oxygen atoms in total. The van der Waals surface area contributed by atoms with E-state index in [4.69, 9.17) is 5.73 Å². The zero-order chi connectivity index (χ0) is 12.8. The molecule has 92 valence electrons. The first-order valence-electron chi connectivity index (χ1n) is 5.66. The Morgan fingerprint density at radius 3 is 3.17 bits per heavy atom. The highest BCUT2D eigenvalue weighted by atomic mass is 16.2. The van der Waals surface area contributed by atoms with Crippen molar-refractivity contribution in [2.24, 2.45) is 10.8 Å². The largest absolute Gasteiger partial charge is 0.330 e. The molecule has 1 heterocycles. The fraction of sp³-hybridized carbons (Fsp3) is 0.154. The number of hydrazone groups is 1. The Kier molecular flexibility index (Phi) is 3.98. The van der Waals surface area contributed by atoms with Gasteiger partial charge in [0.25, 0.3) is 0 Å². The number of amides is 1. The van der Waals surface area contributed by atoms with Gasteiger partial charge < -0.3 is 5.73 Å². The summed E-state index contributed by atoms with van der Waals surface area (Å²) < 4.78 is 0. The third-order valence-corrected chi connectivity index (χ3v) is 2.40. The highest BCUT2D eigenvalue weighted by molar-refractivity contribution is 5.89. The summed E-state index contributed by atoms with van der Waals surface area (Å²) in [5, 5.41) is 4.90. The Bertz CT molecular complexity index is 580. The Labute approximate surface area is 105 Å². The number of benzene rings is 1. The van der Waals surface area contributed by atoms with Gasteiger partial charge in [-0.2, -0.15) is 5.10 Å². The van der Waals surface area contributed by atoms with Gasteiger partial charge in [-0.25, -0.2) is 5.43 Å². The highest BCUT2D eigenvalue weighted by Crippen LogP contribution is 2.11. The van der Waals surface area contributed by atoms with Gasteiger partial charge in [-0.1, -0.05) is 12.1 Å². The van der Waals surface area contributed by atoms with Crippen molar-refractivity contribution in [2.75, 3.05) is 6.54 Å². The molecule has 0 saturated heterocycles. The summed E-state index contributed by atoms with van der Waals surface area (Å²) in [6.07, 6.45) is 3.63. The van der Waals surface area contributed by atoms with E-state index in [0.29, 0.717) is 6.54 Å². The fourth-order valence-corrected chi connectivity index (χ4v) is 1.54. The number of hydrogen-bond acceptors (Lipinski definition) is 4. The predicted molar refractivity (Wildman–Crippen MR) is 71.2 cm³/mol. The van der Waals surface area contributed by atoms with E-state index >= 15 is 0 Å². The number of nitrogens with one attached hydrogen (secondary N) is 1. The molecule has 0 aliphatic heterocycles. The summed E-state index contributed by atoms with van der Waals surface area (Å²) in [5.74, 6) is -0.184. The quantitative estimate of drug-likeness (QED) is 0.620. The van der Waals surface area contributed by atoms with Gasteiger partial charge in [0.2, 0.25) is 5.91 Å². The minimum absolute atomic E-state index is 0.184. The number of aromatic nitrogens is 1. The van der Waals surface area contributed by atoms with Crippen molar-refractivity contribution in [3.63, 3.8) is 0 Å². The maximum atomic E-state index is 11.1. The van der Waals surface area contributed by atoms with E-state index in [1.54, 1.807) is 12.4 Å². The number of nitrogens with zero attached hydrogens (tertiary/aromatic N) is 2.